The Morgan fingerprint density at radius 2 is 1.31 bits per heavy atom. The first-order valence-corrected chi connectivity index (χ1v) is 12.1. The fourth-order valence-corrected chi connectivity index (χ4v) is 3.39. The Bertz CT molecular complexity index is 1300. The van der Waals surface area contributed by atoms with Gasteiger partial charge in [-0.2, -0.15) is 13.2 Å². The zero-order valence-electron chi connectivity index (χ0n) is 21.7. The number of esters is 1. The van der Waals surface area contributed by atoms with Crippen LogP contribution in [0.3, 0.4) is 0 Å². The maximum atomic E-state index is 12.8. The molecule has 0 unspecified atom stereocenters. The van der Waals surface area contributed by atoms with Crippen LogP contribution in [0.4, 0.5) is 24.5 Å². The molecule has 3 rings (SSSR count). The Morgan fingerprint density at radius 3 is 1.90 bits per heavy atom. The number of amides is 2. The van der Waals surface area contributed by atoms with Gasteiger partial charge in [0.25, 0.3) is 5.91 Å². The summed E-state index contributed by atoms with van der Waals surface area (Å²) in [6.07, 6.45) is -5.02. The first-order chi connectivity index (χ1) is 18.3. The number of carbonyl (C=O) groups excluding carboxylic acids is 3. The molecule has 0 fully saturated rings. The van der Waals surface area contributed by atoms with Crippen molar-refractivity contribution >= 4 is 29.2 Å². The number of carbonyl (C=O) groups is 3. The van der Waals surface area contributed by atoms with Crippen LogP contribution in [0, 0.1) is 0 Å². The molecule has 3 aromatic rings. The molecule has 39 heavy (non-hydrogen) atoms. The fourth-order valence-electron chi connectivity index (χ4n) is 3.39. The van der Waals surface area contributed by atoms with E-state index in [4.69, 9.17) is 9.47 Å². The Morgan fingerprint density at radius 1 is 0.718 bits per heavy atom. The number of rotatable bonds is 9. The van der Waals surface area contributed by atoms with Crippen LogP contribution in [0.2, 0.25) is 0 Å². The molecule has 206 valence electrons. The third-order valence-electron chi connectivity index (χ3n) is 5.49. The van der Waals surface area contributed by atoms with Crippen LogP contribution < -0.4 is 15.4 Å². The number of benzene rings is 3. The summed E-state index contributed by atoms with van der Waals surface area (Å²) in [5, 5.41) is 4.88. The van der Waals surface area contributed by atoms with Crippen LogP contribution in [0.1, 0.15) is 44.7 Å². The molecule has 0 heterocycles. The Hall–Kier alpha value is -4.34. The van der Waals surface area contributed by atoms with Crippen molar-refractivity contribution in [1.82, 2.24) is 0 Å². The van der Waals surface area contributed by atoms with Crippen molar-refractivity contribution in [3.05, 3.63) is 83.9 Å². The van der Waals surface area contributed by atoms with Gasteiger partial charge in [0, 0.05) is 17.8 Å². The van der Waals surface area contributed by atoms with Gasteiger partial charge in [-0.05, 0) is 65.6 Å². The van der Waals surface area contributed by atoms with Crippen LogP contribution in [-0.4, -0.2) is 24.4 Å². The van der Waals surface area contributed by atoms with Gasteiger partial charge in [-0.3, -0.25) is 14.4 Å². The molecular weight excluding hydrogens is 513 g/mol. The van der Waals surface area contributed by atoms with Gasteiger partial charge in [-0.25, -0.2) is 0 Å². The van der Waals surface area contributed by atoms with Crippen molar-refractivity contribution in [2.24, 2.45) is 0 Å². The second kappa shape index (κ2) is 12.5. The lowest BCUT2D eigenvalue weighted by Crippen LogP contribution is -2.22. The maximum absolute atomic E-state index is 12.8. The zero-order valence-corrected chi connectivity index (χ0v) is 21.7. The second-order valence-corrected chi connectivity index (χ2v) is 9.74. The van der Waals surface area contributed by atoms with Gasteiger partial charge in [0.1, 0.15) is 11.5 Å². The largest absolute Gasteiger partial charge is 0.457 e. The topological polar surface area (TPSA) is 93.7 Å². The molecule has 0 radical (unpaired) electrons. The molecule has 0 bridgehead atoms. The predicted molar refractivity (Wildman–Crippen MR) is 141 cm³/mol. The maximum Gasteiger partial charge on any atom is 0.416 e. The summed E-state index contributed by atoms with van der Waals surface area (Å²) in [6.45, 7) is 5.69. The number of ether oxygens (including phenoxy) is 2. The summed E-state index contributed by atoms with van der Waals surface area (Å²) in [6, 6.07) is 18.6. The number of alkyl halides is 3. The molecule has 2 N–H and O–H groups in total. The van der Waals surface area contributed by atoms with Gasteiger partial charge in [-0.15, -0.1) is 0 Å². The van der Waals surface area contributed by atoms with Crippen molar-refractivity contribution in [2.75, 3.05) is 17.2 Å². The third kappa shape index (κ3) is 9.48. The lowest BCUT2D eigenvalue weighted by atomic mass is 9.87. The normalized spacial score (nSPS) is 11.4. The zero-order chi connectivity index (χ0) is 28.6. The Balaban J connectivity index is 1.38. The van der Waals surface area contributed by atoms with Gasteiger partial charge in [-0.1, -0.05) is 39.0 Å². The minimum absolute atomic E-state index is 0.0411. The van der Waals surface area contributed by atoms with E-state index in [1.807, 2.05) is 24.3 Å². The van der Waals surface area contributed by atoms with E-state index in [2.05, 4.69) is 31.4 Å². The van der Waals surface area contributed by atoms with E-state index in [1.165, 1.54) is 11.6 Å². The highest BCUT2D eigenvalue weighted by atomic mass is 19.4. The molecule has 0 aliphatic rings. The van der Waals surface area contributed by atoms with Gasteiger partial charge < -0.3 is 20.1 Å². The van der Waals surface area contributed by atoms with Gasteiger partial charge >= 0.3 is 12.1 Å². The first-order valence-electron chi connectivity index (χ1n) is 12.1. The van der Waals surface area contributed by atoms with E-state index in [0.29, 0.717) is 17.2 Å². The Kier molecular flexibility index (Phi) is 9.34. The summed E-state index contributed by atoms with van der Waals surface area (Å²) in [4.78, 5) is 36.0. The van der Waals surface area contributed by atoms with E-state index < -0.39 is 36.1 Å². The smallest absolute Gasteiger partial charge is 0.416 e. The van der Waals surface area contributed by atoms with E-state index in [1.54, 1.807) is 24.3 Å². The van der Waals surface area contributed by atoms with Crippen molar-refractivity contribution in [3.8, 4) is 11.5 Å². The van der Waals surface area contributed by atoms with Gasteiger partial charge in [0.05, 0.1) is 12.0 Å². The number of anilines is 2. The van der Waals surface area contributed by atoms with Gasteiger partial charge in [0.15, 0.2) is 6.61 Å². The molecule has 10 heteroatoms. The first kappa shape index (κ1) is 29.2. The summed E-state index contributed by atoms with van der Waals surface area (Å²) in [5.74, 6) is -0.776. The average Bonchev–Trinajstić information content (AvgIpc) is 2.87. The fraction of sp³-hybridized carbons (Fsp3) is 0.276. The number of halogens is 3. The number of hydrogen-bond acceptors (Lipinski definition) is 5. The molecule has 7 nitrogen and oxygen atoms in total. The van der Waals surface area contributed by atoms with Crippen LogP contribution in [-0.2, 0) is 30.7 Å². The van der Waals surface area contributed by atoms with Crippen LogP contribution in [0.15, 0.2) is 72.8 Å². The molecular formula is C29H29F3N2O5. The third-order valence-corrected chi connectivity index (χ3v) is 5.49. The van der Waals surface area contributed by atoms with E-state index in [-0.39, 0.29) is 23.9 Å². The van der Waals surface area contributed by atoms with Crippen molar-refractivity contribution in [2.45, 2.75) is 45.2 Å². The second-order valence-electron chi connectivity index (χ2n) is 9.74. The molecule has 0 saturated carbocycles. The lowest BCUT2D eigenvalue weighted by molar-refractivity contribution is -0.147. The van der Waals surface area contributed by atoms with Crippen molar-refractivity contribution < 1.29 is 37.0 Å². The van der Waals surface area contributed by atoms with Crippen molar-refractivity contribution in [1.29, 1.82) is 0 Å². The summed E-state index contributed by atoms with van der Waals surface area (Å²) in [7, 11) is 0. The molecule has 0 aliphatic carbocycles. The molecule has 3 aromatic carbocycles. The standard InChI is InChI=1S/C29H29F3N2O5/c1-28(2,3)19-7-11-23(12-8-19)39-24-13-9-21(10-14-24)33-25(35)15-16-27(37)38-18-26(36)34-22-6-4-5-20(17-22)29(30,31)32/h4-14,17H,15-16,18H2,1-3H3,(H,33,35)(H,34,36). The summed E-state index contributed by atoms with van der Waals surface area (Å²) < 4.78 is 48.9. The lowest BCUT2D eigenvalue weighted by Gasteiger charge is -2.19. The number of hydrogen-bond donors (Lipinski definition) is 2. The summed E-state index contributed by atoms with van der Waals surface area (Å²) >= 11 is 0. The van der Waals surface area contributed by atoms with Crippen LogP contribution in [0.5, 0.6) is 11.5 Å². The average molecular weight is 543 g/mol. The Labute approximate surface area is 224 Å². The monoisotopic (exact) mass is 542 g/mol. The van der Waals surface area contributed by atoms with Crippen LogP contribution in [0.25, 0.3) is 0 Å². The SMILES string of the molecule is CC(C)(C)c1ccc(Oc2ccc(NC(=O)CCC(=O)OCC(=O)Nc3cccc(C(F)(F)F)c3)cc2)cc1. The molecule has 0 saturated heterocycles. The van der Waals surface area contributed by atoms with E-state index in [9.17, 15) is 27.6 Å². The molecule has 0 aromatic heterocycles. The number of nitrogens with one attached hydrogen (secondary N) is 2. The highest BCUT2D eigenvalue weighted by Gasteiger charge is 2.30. The van der Waals surface area contributed by atoms with Crippen molar-refractivity contribution in [3.63, 3.8) is 0 Å². The van der Waals surface area contributed by atoms with E-state index in [0.717, 1.165) is 18.2 Å². The highest BCUT2D eigenvalue weighted by Crippen LogP contribution is 2.31. The predicted octanol–water partition coefficient (Wildman–Crippen LogP) is 6.70. The van der Waals surface area contributed by atoms with Crippen LogP contribution >= 0.6 is 0 Å². The minimum atomic E-state index is -4.55. The molecule has 2 amide bonds. The highest BCUT2D eigenvalue weighted by molar-refractivity contribution is 5.94. The molecule has 0 atom stereocenters. The van der Waals surface area contributed by atoms with E-state index >= 15 is 0 Å². The summed E-state index contributed by atoms with van der Waals surface area (Å²) in [5.41, 5.74) is 0.732. The van der Waals surface area contributed by atoms with Gasteiger partial charge in [0.2, 0.25) is 5.91 Å². The molecule has 0 aliphatic heterocycles. The molecule has 0 spiro atoms. The minimum Gasteiger partial charge on any atom is -0.457 e. The quantitative estimate of drug-likeness (QED) is 0.294.